The van der Waals surface area contributed by atoms with Gasteiger partial charge in [-0.05, 0) is 43.0 Å². The highest BCUT2D eigenvalue weighted by molar-refractivity contribution is 7.98. The number of rotatable bonds is 8. The van der Waals surface area contributed by atoms with Gasteiger partial charge in [-0.1, -0.05) is 29.8 Å². The summed E-state index contributed by atoms with van der Waals surface area (Å²) in [5, 5.41) is 3.24. The minimum absolute atomic E-state index is 0.302. The molecule has 0 aliphatic rings. The van der Waals surface area contributed by atoms with Gasteiger partial charge in [0.2, 0.25) is 10.0 Å². The number of thioether (sulfide) groups is 1. The van der Waals surface area contributed by atoms with E-state index in [0.717, 1.165) is 12.1 Å². The Labute approximate surface area is 142 Å². The van der Waals surface area contributed by atoms with E-state index >= 15 is 0 Å². The van der Waals surface area contributed by atoms with E-state index in [9.17, 15) is 8.42 Å². The highest BCUT2D eigenvalue weighted by Crippen LogP contribution is 2.14. The second-order valence-electron chi connectivity index (χ2n) is 5.24. The van der Waals surface area contributed by atoms with E-state index < -0.39 is 10.0 Å². The lowest BCUT2D eigenvalue weighted by Gasteiger charge is -2.08. The van der Waals surface area contributed by atoms with Gasteiger partial charge in [-0.2, -0.15) is 0 Å². The Morgan fingerprint density at radius 3 is 2.22 bits per heavy atom. The van der Waals surface area contributed by atoms with Crippen molar-refractivity contribution in [3.05, 3.63) is 59.7 Å². The van der Waals surface area contributed by atoms with Gasteiger partial charge in [-0.25, -0.2) is 13.1 Å². The average molecular weight is 351 g/mol. The maximum Gasteiger partial charge on any atom is 0.240 e. The lowest BCUT2D eigenvalue weighted by atomic mass is 10.2. The summed E-state index contributed by atoms with van der Waals surface area (Å²) in [5.41, 5.74) is 2.22. The Hall–Kier alpha value is -1.34. The molecule has 0 heterocycles. The van der Waals surface area contributed by atoms with E-state index in [2.05, 4.69) is 34.3 Å². The number of benzene rings is 2. The SMILES string of the molecule is CSc1ccc(CNCCNS(=O)(=O)c2ccc(C)cc2)cc1. The van der Waals surface area contributed by atoms with Gasteiger partial charge in [0, 0.05) is 24.5 Å². The summed E-state index contributed by atoms with van der Waals surface area (Å²) >= 11 is 1.71. The van der Waals surface area contributed by atoms with Crippen molar-refractivity contribution in [2.24, 2.45) is 0 Å². The Morgan fingerprint density at radius 1 is 0.957 bits per heavy atom. The maximum atomic E-state index is 12.1. The number of sulfonamides is 1. The first-order chi connectivity index (χ1) is 11.0. The molecule has 0 saturated carbocycles. The van der Waals surface area contributed by atoms with Crippen LogP contribution >= 0.6 is 11.8 Å². The summed E-state index contributed by atoms with van der Waals surface area (Å²) in [6.07, 6.45) is 2.05. The average Bonchev–Trinajstić information content (AvgIpc) is 2.55. The predicted octanol–water partition coefficient (Wildman–Crippen LogP) is 2.79. The quantitative estimate of drug-likeness (QED) is 0.568. The molecular weight excluding hydrogens is 328 g/mol. The lowest BCUT2D eigenvalue weighted by molar-refractivity contribution is 0.576. The van der Waals surface area contributed by atoms with E-state index in [4.69, 9.17) is 0 Å². The van der Waals surface area contributed by atoms with Crippen molar-refractivity contribution in [3.8, 4) is 0 Å². The van der Waals surface area contributed by atoms with Gasteiger partial charge >= 0.3 is 0 Å². The second kappa shape index (κ2) is 8.49. The van der Waals surface area contributed by atoms with Gasteiger partial charge in [0.05, 0.1) is 4.90 Å². The maximum absolute atomic E-state index is 12.1. The molecule has 0 aliphatic carbocycles. The Balaban J connectivity index is 1.75. The molecule has 124 valence electrons. The lowest BCUT2D eigenvalue weighted by Crippen LogP contribution is -2.31. The first kappa shape index (κ1) is 18.0. The van der Waals surface area contributed by atoms with Crippen LogP contribution in [-0.4, -0.2) is 27.8 Å². The number of hydrogen-bond donors (Lipinski definition) is 2. The fraction of sp³-hybridized carbons (Fsp3) is 0.294. The molecule has 2 aromatic carbocycles. The third-order valence-corrected chi connectivity index (χ3v) is 5.63. The van der Waals surface area contributed by atoms with Crippen LogP contribution in [0.15, 0.2) is 58.3 Å². The van der Waals surface area contributed by atoms with Crippen LogP contribution in [0.2, 0.25) is 0 Å². The van der Waals surface area contributed by atoms with Crippen LogP contribution in [0.25, 0.3) is 0 Å². The molecule has 2 N–H and O–H groups in total. The fourth-order valence-electron chi connectivity index (χ4n) is 2.05. The third-order valence-electron chi connectivity index (χ3n) is 3.41. The van der Waals surface area contributed by atoms with Crippen LogP contribution in [0.3, 0.4) is 0 Å². The Morgan fingerprint density at radius 2 is 1.61 bits per heavy atom. The van der Waals surface area contributed by atoms with Gasteiger partial charge < -0.3 is 5.32 Å². The Kier molecular flexibility index (Phi) is 6.65. The molecule has 0 radical (unpaired) electrons. The van der Waals surface area contributed by atoms with Crippen molar-refractivity contribution in [2.45, 2.75) is 23.3 Å². The first-order valence-electron chi connectivity index (χ1n) is 7.41. The molecule has 0 unspecified atom stereocenters. The van der Waals surface area contributed by atoms with Gasteiger partial charge in [0.1, 0.15) is 0 Å². The summed E-state index contributed by atoms with van der Waals surface area (Å²) in [5.74, 6) is 0. The first-order valence-corrected chi connectivity index (χ1v) is 10.1. The van der Waals surface area contributed by atoms with E-state index in [1.54, 1.807) is 36.0 Å². The van der Waals surface area contributed by atoms with Crippen LogP contribution in [0.5, 0.6) is 0 Å². The van der Waals surface area contributed by atoms with Crippen LogP contribution in [0.1, 0.15) is 11.1 Å². The molecule has 4 nitrogen and oxygen atoms in total. The van der Waals surface area contributed by atoms with Crippen molar-refractivity contribution in [2.75, 3.05) is 19.3 Å². The van der Waals surface area contributed by atoms with E-state index in [0.29, 0.717) is 18.0 Å². The molecule has 0 aliphatic heterocycles. The molecule has 6 heteroatoms. The van der Waals surface area contributed by atoms with E-state index in [1.807, 2.05) is 13.2 Å². The zero-order valence-corrected chi connectivity index (χ0v) is 15.0. The van der Waals surface area contributed by atoms with Gasteiger partial charge in [0.15, 0.2) is 0 Å². The highest BCUT2D eigenvalue weighted by Gasteiger charge is 2.12. The fourth-order valence-corrected chi connectivity index (χ4v) is 3.49. The zero-order valence-electron chi connectivity index (χ0n) is 13.4. The molecule has 2 rings (SSSR count). The molecule has 0 bridgehead atoms. The van der Waals surface area contributed by atoms with Crippen molar-refractivity contribution in [1.82, 2.24) is 10.0 Å². The van der Waals surface area contributed by atoms with Gasteiger partial charge in [-0.3, -0.25) is 0 Å². The van der Waals surface area contributed by atoms with Crippen molar-refractivity contribution in [3.63, 3.8) is 0 Å². The number of hydrogen-bond acceptors (Lipinski definition) is 4. The van der Waals surface area contributed by atoms with Crippen LogP contribution < -0.4 is 10.0 Å². The zero-order chi connectivity index (χ0) is 16.7. The van der Waals surface area contributed by atoms with E-state index in [1.165, 1.54) is 10.5 Å². The minimum Gasteiger partial charge on any atom is -0.311 e. The largest absolute Gasteiger partial charge is 0.311 e. The molecule has 2 aromatic rings. The predicted molar refractivity (Wildman–Crippen MR) is 96.3 cm³/mol. The molecule has 0 spiro atoms. The summed E-state index contributed by atoms with van der Waals surface area (Å²) in [6.45, 7) is 3.59. The third kappa shape index (κ3) is 5.66. The molecule has 0 atom stereocenters. The second-order valence-corrected chi connectivity index (χ2v) is 7.88. The normalized spacial score (nSPS) is 11.6. The molecule has 0 fully saturated rings. The van der Waals surface area contributed by atoms with Crippen molar-refractivity contribution >= 4 is 21.8 Å². The summed E-state index contributed by atoms with van der Waals surface area (Å²) in [6, 6.07) is 15.2. The van der Waals surface area contributed by atoms with Crippen LogP contribution in [0.4, 0.5) is 0 Å². The molecule has 0 amide bonds. The standard InChI is InChI=1S/C17H22N2O2S2/c1-14-3-9-17(10-4-14)23(20,21)19-12-11-18-13-15-5-7-16(22-2)8-6-15/h3-10,18-19H,11-13H2,1-2H3. The van der Waals surface area contributed by atoms with Gasteiger partial charge in [0.25, 0.3) is 0 Å². The smallest absolute Gasteiger partial charge is 0.240 e. The monoisotopic (exact) mass is 350 g/mol. The van der Waals surface area contributed by atoms with Crippen LogP contribution in [-0.2, 0) is 16.6 Å². The molecule has 0 saturated heterocycles. The molecule has 0 aromatic heterocycles. The number of nitrogens with one attached hydrogen (secondary N) is 2. The number of aryl methyl sites for hydroxylation is 1. The highest BCUT2D eigenvalue weighted by atomic mass is 32.2. The summed E-state index contributed by atoms with van der Waals surface area (Å²) in [7, 11) is -3.42. The van der Waals surface area contributed by atoms with Crippen molar-refractivity contribution < 1.29 is 8.42 Å². The Bertz CT molecular complexity index is 711. The minimum atomic E-state index is -3.42. The molecular formula is C17H22N2O2S2. The van der Waals surface area contributed by atoms with Crippen molar-refractivity contribution in [1.29, 1.82) is 0 Å². The molecule has 23 heavy (non-hydrogen) atoms. The van der Waals surface area contributed by atoms with E-state index in [-0.39, 0.29) is 0 Å². The summed E-state index contributed by atoms with van der Waals surface area (Å²) in [4.78, 5) is 1.54. The topological polar surface area (TPSA) is 58.2 Å². The van der Waals surface area contributed by atoms with Gasteiger partial charge in [-0.15, -0.1) is 11.8 Å². The van der Waals surface area contributed by atoms with Crippen LogP contribution in [0, 0.1) is 6.92 Å². The summed E-state index contributed by atoms with van der Waals surface area (Å²) < 4.78 is 26.8.